The van der Waals surface area contributed by atoms with Gasteiger partial charge in [-0.25, -0.2) is 4.39 Å². The van der Waals surface area contributed by atoms with Crippen molar-refractivity contribution >= 4 is 23.6 Å². The summed E-state index contributed by atoms with van der Waals surface area (Å²) < 4.78 is 18.4. The lowest BCUT2D eigenvalue weighted by Crippen LogP contribution is -2.51. The molecule has 2 amide bonds. The monoisotopic (exact) mass is 482 g/mol. The number of piperidine rings is 1. The molecule has 4 N–H and O–H groups in total. The number of ether oxygens (including phenoxy) is 1. The van der Waals surface area contributed by atoms with E-state index in [-0.39, 0.29) is 35.9 Å². The van der Waals surface area contributed by atoms with E-state index in [0.29, 0.717) is 55.6 Å². The van der Waals surface area contributed by atoms with Crippen LogP contribution < -0.4 is 11.1 Å². The van der Waals surface area contributed by atoms with E-state index in [0.717, 1.165) is 0 Å². The number of likely N-dealkylation sites (tertiary alicyclic amines) is 1. The van der Waals surface area contributed by atoms with Crippen LogP contribution in [0.4, 0.5) is 4.39 Å². The van der Waals surface area contributed by atoms with E-state index in [9.17, 15) is 18.8 Å². The summed E-state index contributed by atoms with van der Waals surface area (Å²) >= 11 is 0. The molecule has 0 radical (unpaired) electrons. The number of benzene rings is 2. The van der Waals surface area contributed by atoms with Crippen LogP contribution in [0.15, 0.2) is 48.5 Å². The lowest BCUT2D eigenvalue weighted by atomic mass is 9.93. The highest BCUT2D eigenvalue weighted by Gasteiger charge is 2.30. The van der Waals surface area contributed by atoms with Crippen LogP contribution in [0.5, 0.6) is 0 Å². The minimum atomic E-state index is -0.845. The molecule has 0 aromatic heterocycles. The second kappa shape index (κ2) is 12.1. The van der Waals surface area contributed by atoms with Crippen molar-refractivity contribution < 1.29 is 23.5 Å². The first-order chi connectivity index (χ1) is 16.8. The van der Waals surface area contributed by atoms with Crippen LogP contribution in [0, 0.1) is 17.1 Å². The van der Waals surface area contributed by atoms with Crippen LogP contribution in [-0.2, 0) is 20.7 Å². The van der Waals surface area contributed by atoms with Crippen LogP contribution >= 0.6 is 0 Å². The summed E-state index contributed by atoms with van der Waals surface area (Å²) in [5, 5.41) is 10.3. The molecule has 8 nitrogen and oxygen atoms in total. The Hall–Kier alpha value is -3.75. The maximum Gasteiger partial charge on any atom is 0.306 e. The number of nitrogens with zero attached hydrogens (tertiary/aromatic N) is 1. The molecule has 0 unspecified atom stereocenters. The predicted octanol–water partition coefficient (Wildman–Crippen LogP) is 2.64. The van der Waals surface area contributed by atoms with Crippen LogP contribution in [0.25, 0.3) is 0 Å². The Bertz CT molecular complexity index is 1050. The van der Waals surface area contributed by atoms with Gasteiger partial charge in [-0.3, -0.25) is 19.8 Å². The highest BCUT2D eigenvalue weighted by atomic mass is 19.1. The molecule has 1 aliphatic heterocycles. The van der Waals surface area contributed by atoms with E-state index in [4.69, 9.17) is 15.9 Å². The van der Waals surface area contributed by atoms with Gasteiger partial charge in [-0.15, -0.1) is 0 Å². The molecule has 0 aliphatic carbocycles. The second-order valence-electron chi connectivity index (χ2n) is 8.63. The predicted molar refractivity (Wildman–Crippen MR) is 129 cm³/mol. The highest BCUT2D eigenvalue weighted by Crippen LogP contribution is 2.22. The fourth-order valence-corrected chi connectivity index (χ4v) is 4.13. The molecule has 1 heterocycles. The maximum atomic E-state index is 13.4. The number of nitrogen functional groups attached to an aromatic ring is 1. The second-order valence-corrected chi connectivity index (χ2v) is 8.63. The van der Waals surface area contributed by atoms with E-state index in [1.807, 2.05) is 0 Å². The first-order valence-electron chi connectivity index (χ1n) is 11.7. The average Bonchev–Trinajstić information content (AvgIpc) is 2.85. The molecule has 186 valence electrons. The zero-order valence-electron chi connectivity index (χ0n) is 19.8. The van der Waals surface area contributed by atoms with Gasteiger partial charge in [-0.1, -0.05) is 24.3 Å². The number of nitrogens with one attached hydrogen (secondary N) is 2. The van der Waals surface area contributed by atoms with E-state index < -0.39 is 11.9 Å². The van der Waals surface area contributed by atoms with Crippen LogP contribution in [-0.4, -0.2) is 54.3 Å². The number of carbonyl (C=O) groups excluding carboxylic acids is 3. The largest absolute Gasteiger partial charge is 0.466 e. The maximum absolute atomic E-state index is 13.4. The number of amides is 2. The Morgan fingerprint density at radius 3 is 2.26 bits per heavy atom. The topological polar surface area (TPSA) is 126 Å². The fourth-order valence-electron chi connectivity index (χ4n) is 4.13. The van der Waals surface area contributed by atoms with Crippen molar-refractivity contribution in [1.29, 1.82) is 5.41 Å². The molecule has 35 heavy (non-hydrogen) atoms. The van der Waals surface area contributed by atoms with Crippen molar-refractivity contribution in [2.75, 3.05) is 19.7 Å². The van der Waals surface area contributed by atoms with Gasteiger partial charge in [0.15, 0.2) is 0 Å². The minimum absolute atomic E-state index is 0.104. The van der Waals surface area contributed by atoms with Gasteiger partial charge in [0.1, 0.15) is 17.7 Å². The Morgan fingerprint density at radius 2 is 1.69 bits per heavy atom. The third kappa shape index (κ3) is 7.37. The molecular weight excluding hydrogens is 451 g/mol. The average molecular weight is 483 g/mol. The Kier molecular flexibility index (Phi) is 8.94. The van der Waals surface area contributed by atoms with Gasteiger partial charge in [-0.05, 0) is 55.5 Å². The summed E-state index contributed by atoms with van der Waals surface area (Å²) in [6.45, 7) is 3.07. The Morgan fingerprint density at radius 1 is 1.09 bits per heavy atom. The van der Waals surface area contributed by atoms with Gasteiger partial charge >= 0.3 is 5.97 Å². The number of hydrogen-bond acceptors (Lipinski definition) is 5. The normalized spacial score (nSPS) is 14.7. The summed E-state index contributed by atoms with van der Waals surface area (Å²) in [6, 6.07) is 11.2. The summed E-state index contributed by atoms with van der Waals surface area (Å²) in [7, 11) is 0. The minimum Gasteiger partial charge on any atom is -0.466 e. The standard InChI is InChI=1S/C26H31FN4O4/c1-2-35-23(32)16-18-11-13-31(14-12-18)26(34)22(15-17-3-9-21(27)10-4-17)30-25(33)20-7-5-19(6-8-20)24(28)29/h3-10,18,22H,2,11-16H2,1H3,(H3,28,29)(H,30,33)/t22-/m1/s1. The van der Waals surface area contributed by atoms with Gasteiger partial charge in [0.05, 0.1) is 6.61 Å². The molecule has 1 aliphatic rings. The fraction of sp³-hybridized carbons (Fsp3) is 0.385. The number of carbonyl (C=O) groups is 3. The SMILES string of the molecule is CCOC(=O)CC1CCN(C(=O)[C@@H](Cc2ccc(F)cc2)NC(=O)c2ccc(C(=N)N)cc2)CC1. The molecule has 2 aromatic carbocycles. The molecule has 1 saturated heterocycles. The first-order valence-corrected chi connectivity index (χ1v) is 11.7. The Balaban J connectivity index is 1.70. The van der Waals surface area contributed by atoms with Crippen molar-refractivity contribution in [3.8, 4) is 0 Å². The van der Waals surface area contributed by atoms with Gasteiger partial charge in [0.25, 0.3) is 5.91 Å². The smallest absolute Gasteiger partial charge is 0.306 e. The molecule has 1 fully saturated rings. The van der Waals surface area contributed by atoms with E-state index in [1.54, 1.807) is 48.2 Å². The van der Waals surface area contributed by atoms with Crippen molar-refractivity contribution in [2.24, 2.45) is 11.7 Å². The highest BCUT2D eigenvalue weighted by molar-refractivity contribution is 5.99. The lowest BCUT2D eigenvalue weighted by Gasteiger charge is -2.34. The van der Waals surface area contributed by atoms with Crippen LogP contribution in [0.1, 0.15) is 47.7 Å². The molecule has 0 bridgehead atoms. The van der Waals surface area contributed by atoms with Crippen LogP contribution in [0.2, 0.25) is 0 Å². The van der Waals surface area contributed by atoms with Gasteiger partial charge in [-0.2, -0.15) is 0 Å². The molecule has 0 spiro atoms. The molecule has 2 aromatic rings. The molecule has 1 atom stereocenters. The summed E-state index contributed by atoms with van der Waals surface area (Å²) in [4.78, 5) is 39.8. The number of halogens is 1. The summed E-state index contributed by atoms with van der Waals surface area (Å²) in [6.07, 6.45) is 1.89. The lowest BCUT2D eigenvalue weighted by molar-refractivity contribution is -0.144. The van der Waals surface area contributed by atoms with Gasteiger partial charge < -0.3 is 20.7 Å². The quantitative estimate of drug-likeness (QED) is 0.288. The van der Waals surface area contributed by atoms with Crippen molar-refractivity contribution in [3.05, 3.63) is 71.0 Å². The van der Waals surface area contributed by atoms with E-state index >= 15 is 0 Å². The third-order valence-electron chi connectivity index (χ3n) is 6.10. The zero-order chi connectivity index (χ0) is 25.4. The number of esters is 1. The Labute approximate surface area is 204 Å². The molecule has 9 heteroatoms. The summed E-state index contributed by atoms with van der Waals surface area (Å²) in [5.41, 5.74) is 7.01. The van der Waals surface area contributed by atoms with Crippen molar-refractivity contribution in [1.82, 2.24) is 10.2 Å². The van der Waals surface area contributed by atoms with E-state index in [1.165, 1.54) is 12.1 Å². The number of hydrogen-bond donors (Lipinski definition) is 3. The zero-order valence-corrected chi connectivity index (χ0v) is 19.8. The number of amidine groups is 1. The van der Waals surface area contributed by atoms with Crippen molar-refractivity contribution in [2.45, 2.75) is 38.6 Å². The van der Waals surface area contributed by atoms with Gasteiger partial charge in [0, 0.05) is 37.1 Å². The number of rotatable bonds is 9. The van der Waals surface area contributed by atoms with Crippen LogP contribution in [0.3, 0.4) is 0 Å². The summed E-state index contributed by atoms with van der Waals surface area (Å²) in [5.74, 6) is -1.21. The molecular formula is C26H31FN4O4. The third-order valence-corrected chi connectivity index (χ3v) is 6.10. The molecule has 0 saturated carbocycles. The van der Waals surface area contributed by atoms with E-state index in [2.05, 4.69) is 5.32 Å². The van der Waals surface area contributed by atoms with Gasteiger partial charge in [0.2, 0.25) is 5.91 Å². The number of nitrogens with two attached hydrogens (primary N) is 1. The van der Waals surface area contributed by atoms with Crippen molar-refractivity contribution in [3.63, 3.8) is 0 Å². The first kappa shape index (κ1) is 25.9. The molecule has 3 rings (SSSR count).